The number of aryl methyl sites for hydroxylation is 1. The molecule has 6 nitrogen and oxygen atoms in total. The summed E-state index contributed by atoms with van der Waals surface area (Å²) in [4.78, 5) is 11.2. The highest BCUT2D eigenvalue weighted by atomic mass is 16.5. The van der Waals surface area contributed by atoms with E-state index in [1.54, 1.807) is 6.20 Å². The minimum Gasteiger partial charge on any atom is -0.367 e. The third-order valence-corrected chi connectivity index (χ3v) is 4.14. The first-order chi connectivity index (χ1) is 10.8. The summed E-state index contributed by atoms with van der Waals surface area (Å²) in [5.41, 5.74) is 1.23. The van der Waals surface area contributed by atoms with Gasteiger partial charge in [0.1, 0.15) is 11.9 Å². The SMILES string of the molecule is CCCc1nc(C2CN(C(C)c3cccnc3)CCO2)n[nH]1. The van der Waals surface area contributed by atoms with E-state index in [9.17, 15) is 0 Å². The predicted octanol–water partition coefficient (Wildman–Crippen LogP) is 2.29. The molecule has 0 bridgehead atoms. The van der Waals surface area contributed by atoms with E-state index in [0.29, 0.717) is 12.6 Å². The van der Waals surface area contributed by atoms with Crippen LogP contribution in [0.1, 0.15) is 49.6 Å². The summed E-state index contributed by atoms with van der Waals surface area (Å²) in [7, 11) is 0. The molecule has 0 aromatic carbocycles. The molecule has 0 saturated carbocycles. The fourth-order valence-electron chi connectivity index (χ4n) is 2.81. The van der Waals surface area contributed by atoms with Gasteiger partial charge in [0.05, 0.1) is 6.61 Å². The fraction of sp³-hybridized carbons (Fsp3) is 0.562. The maximum absolute atomic E-state index is 5.87. The van der Waals surface area contributed by atoms with Gasteiger partial charge >= 0.3 is 0 Å². The molecule has 22 heavy (non-hydrogen) atoms. The van der Waals surface area contributed by atoms with Gasteiger partial charge in [0.2, 0.25) is 0 Å². The number of nitrogens with one attached hydrogen (secondary N) is 1. The Balaban J connectivity index is 1.68. The Kier molecular flexibility index (Phi) is 4.80. The average Bonchev–Trinajstić information content (AvgIpc) is 3.04. The van der Waals surface area contributed by atoms with Gasteiger partial charge in [0.25, 0.3) is 0 Å². The highest BCUT2D eigenvalue weighted by Gasteiger charge is 2.28. The summed E-state index contributed by atoms with van der Waals surface area (Å²) in [6.45, 7) is 6.77. The van der Waals surface area contributed by atoms with Gasteiger partial charge in [0.15, 0.2) is 5.82 Å². The van der Waals surface area contributed by atoms with Crippen LogP contribution in [0.25, 0.3) is 0 Å². The van der Waals surface area contributed by atoms with E-state index in [4.69, 9.17) is 4.74 Å². The topological polar surface area (TPSA) is 66.9 Å². The van der Waals surface area contributed by atoms with E-state index in [0.717, 1.165) is 37.6 Å². The number of hydrogen-bond acceptors (Lipinski definition) is 5. The van der Waals surface area contributed by atoms with Crippen LogP contribution in [0.5, 0.6) is 0 Å². The normalized spacial score (nSPS) is 20.9. The molecule has 1 aliphatic rings. The molecule has 0 spiro atoms. The Morgan fingerprint density at radius 2 is 2.41 bits per heavy atom. The molecule has 1 N–H and O–H groups in total. The quantitative estimate of drug-likeness (QED) is 0.917. The van der Waals surface area contributed by atoms with Crippen LogP contribution in [0.4, 0.5) is 0 Å². The average molecular weight is 301 g/mol. The molecule has 0 aliphatic carbocycles. The van der Waals surface area contributed by atoms with Crippen molar-refractivity contribution in [3.05, 3.63) is 41.7 Å². The van der Waals surface area contributed by atoms with Gasteiger partial charge in [0, 0.05) is 37.9 Å². The van der Waals surface area contributed by atoms with Crippen molar-refractivity contribution in [2.75, 3.05) is 19.7 Å². The molecule has 0 radical (unpaired) electrons. The first-order valence-corrected chi connectivity index (χ1v) is 7.94. The maximum Gasteiger partial charge on any atom is 0.180 e. The number of pyridine rings is 1. The summed E-state index contributed by atoms with van der Waals surface area (Å²) in [5.74, 6) is 1.71. The van der Waals surface area contributed by atoms with Crippen LogP contribution in [-0.4, -0.2) is 44.8 Å². The van der Waals surface area contributed by atoms with E-state index < -0.39 is 0 Å². The minimum atomic E-state index is -0.0604. The number of rotatable bonds is 5. The molecule has 118 valence electrons. The van der Waals surface area contributed by atoms with Crippen LogP contribution in [0.2, 0.25) is 0 Å². The minimum absolute atomic E-state index is 0.0604. The van der Waals surface area contributed by atoms with E-state index in [1.165, 1.54) is 5.56 Å². The van der Waals surface area contributed by atoms with Crippen LogP contribution < -0.4 is 0 Å². The largest absolute Gasteiger partial charge is 0.367 e. The van der Waals surface area contributed by atoms with Crippen molar-refractivity contribution in [1.29, 1.82) is 0 Å². The van der Waals surface area contributed by atoms with Gasteiger partial charge in [-0.25, -0.2) is 4.98 Å². The number of aromatic amines is 1. The number of ether oxygens (including phenoxy) is 1. The van der Waals surface area contributed by atoms with Crippen molar-refractivity contribution in [3.63, 3.8) is 0 Å². The molecule has 6 heteroatoms. The standard InChI is InChI=1S/C16H23N5O/c1-3-5-15-18-16(20-19-15)14-11-21(8-9-22-14)12(2)13-6-4-7-17-10-13/h4,6-7,10,12,14H,3,5,8-9,11H2,1-2H3,(H,18,19,20). The van der Waals surface area contributed by atoms with Gasteiger partial charge in [-0.05, 0) is 25.0 Å². The van der Waals surface area contributed by atoms with Crippen LogP contribution in [0.15, 0.2) is 24.5 Å². The van der Waals surface area contributed by atoms with Gasteiger partial charge < -0.3 is 4.74 Å². The Bertz CT molecular complexity index is 585. The van der Waals surface area contributed by atoms with Crippen molar-refractivity contribution in [1.82, 2.24) is 25.1 Å². The lowest BCUT2D eigenvalue weighted by atomic mass is 10.1. The molecule has 3 heterocycles. The van der Waals surface area contributed by atoms with Gasteiger partial charge in [-0.3, -0.25) is 15.0 Å². The Morgan fingerprint density at radius 3 is 3.18 bits per heavy atom. The molecular formula is C16H23N5O. The van der Waals surface area contributed by atoms with E-state index in [-0.39, 0.29) is 6.10 Å². The van der Waals surface area contributed by atoms with Crippen LogP contribution in [-0.2, 0) is 11.2 Å². The molecule has 2 aromatic rings. The van der Waals surface area contributed by atoms with Crippen molar-refractivity contribution in [2.45, 2.75) is 38.8 Å². The Hall–Kier alpha value is -1.79. The molecule has 0 amide bonds. The zero-order chi connectivity index (χ0) is 15.4. The monoisotopic (exact) mass is 301 g/mol. The predicted molar refractivity (Wildman–Crippen MR) is 83.3 cm³/mol. The highest BCUT2D eigenvalue weighted by Crippen LogP contribution is 2.26. The smallest absolute Gasteiger partial charge is 0.180 e. The second-order valence-corrected chi connectivity index (χ2v) is 5.71. The van der Waals surface area contributed by atoms with Crippen molar-refractivity contribution in [3.8, 4) is 0 Å². The number of aromatic nitrogens is 4. The molecule has 3 rings (SSSR count). The third kappa shape index (κ3) is 3.34. The van der Waals surface area contributed by atoms with Crippen LogP contribution >= 0.6 is 0 Å². The van der Waals surface area contributed by atoms with Crippen molar-refractivity contribution in [2.24, 2.45) is 0 Å². The van der Waals surface area contributed by atoms with E-state index >= 15 is 0 Å². The summed E-state index contributed by atoms with van der Waals surface area (Å²) in [6.07, 6.45) is 5.66. The molecule has 2 unspecified atom stereocenters. The van der Waals surface area contributed by atoms with E-state index in [1.807, 2.05) is 12.3 Å². The van der Waals surface area contributed by atoms with E-state index in [2.05, 4.69) is 45.0 Å². The first-order valence-electron chi connectivity index (χ1n) is 7.94. The first kappa shape index (κ1) is 15.1. The van der Waals surface area contributed by atoms with Crippen LogP contribution in [0, 0.1) is 0 Å². The van der Waals surface area contributed by atoms with Crippen LogP contribution in [0.3, 0.4) is 0 Å². The molecule has 2 aromatic heterocycles. The zero-order valence-electron chi connectivity index (χ0n) is 13.2. The second kappa shape index (κ2) is 6.98. The second-order valence-electron chi connectivity index (χ2n) is 5.71. The molecule has 2 atom stereocenters. The highest BCUT2D eigenvalue weighted by molar-refractivity contribution is 5.13. The van der Waals surface area contributed by atoms with Crippen molar-refractivity contribution < 1.29 is 4.74 Å². The van der Waals surface area contributed by atoms with Gasteiger partial charge in [-0.2, -0.15) is 5.10 Å². The summed E-state index contributed by atoms with van der Waals surface area (Å²) < 4.78 is 5.87. The fourth-order valence-corrected chi connectivity index (χ4v) is 2.81. The number of hydrogen-bond donors (Lipinski definition) is 1. The molecule has 1 aliphatic heterocycles. The third-order valence-electron chi connectivity index (χ3n) is 4.14. The molecular weight excluding hydrogens is 278 g/mol. The lowest BCUT2D eigenvalue weighted by Crippen LogP contribution is -2.40. The lowest BCUT2D eigenvalue weighted by Gasteiger charge is -2.35. The Labute approximate surface area is 130 Å². The Morgan fingerprint density at radius 1 is 1.50 bits per heavy atom. The van der Waals surface area contributed by atoms with Crippen molar-refractivity contribution >= 4 is 0 Å². The molecule has 1 saturated heterocycles. The number of morpholine rings is 1. The number of H-pyrrole nitrogens is 1. The number of nitrogens with zero attached hydrogens (tertiary/aromatic N) is 4. The lowest BCUT2D eigenvalue weighted by molar-refractivity contribution is -0.0470. The summed E-state index contributed by atoms with van der Waals surface area (Å²) >= 11 is 0. The van der Waals surface area contributed by atoms with Gasteiger partial charge in [-0.1, -0.05) is 13.0 Å². The summed E-state index contributed by atoms with van der Waals surface area (Å²) in [6, 6.07) is 4.42. The molecule has 1 fully saturated rings. The maximum atomic E-state index is 5.87. The van der Waals surface area contributed by atoms with Gasteiger partial charge in [-0.15, -0.1) is 0 Å². The summed E-state index contributed by atoms with van der Waals surface area (Å²) in [5, 5.41) is 7.33. The zero-order valence-corrected chi connectivity index (χ0v) is 13.2.